The van der Waals surface area contributed by atoms with Crippen molar-refractivity contribution in [2.24, 2.45) is 0 Å². The van der Waals surface area contributed by atoms with Crippen molar-refractivity contribution in [3.8, 4) is 17.1 Å². The summed E-state index contributed by atoms with van der Waals surface area (Å²) in [5.74, 6) is 1.74. The number of unbranched alkanes of at least 4 members (excludes halogenated alkanes) is 15. The van der Waals surface area contributed by atoms with E-state index in [9.17, 15) is 0 Å². The fourth-order valence-corrected chi connectivity index (χ4v) is 4.40. The van der Waals surface area contributed by atoms with Crippen molar-refractivity contribution in [1.82, 2.24) is 9.97 Å². The molecule has 3 heteroatoms. The molecule has 0 atom stereocenters. The Kier molecular flexibility index (Phi) is 16.2. The molecule has 3 nitrogen and oxygen atoms in total. The Morgan fingerprint density at radius 3 is 1.56 bits per heavy atom. The van der Waals surface area contributed by atoms with E-state index in [0.717, 1.165) is 36.6 Å². The van der Waals surface area contributed by atoms with Crippen molar-refractivity contribution < 1.29 is 4.74 Å². The second kappa shape index (κ2) is 19.4. The van der Waals surface area contributed by atoms with Crippen LogP contribution in [0.5, 0.6) is 5.75 Å². The Labute approximate surface area is 210 Å². The van der Waals surface area contributed by atoms with Crippen LogP contribution < -0.4 is 4.74 Å². The molecule has 0 amide bonds. The summed E-state index contributed by atoms with van der Waals surface area (Å²) in [6, 6.07) is 8.22. The van der Waals surface area contributed by atoms with Crippen molar-refractivity contribution in [3.05, 3.63) is 42.2 Å². The Morgan fingerprint density at radius 1 is 0.559 bits per heavy atom. The van der Waals surface area contributed by atoms with Crippen LogP contribution in [0.3, 0.4) is 0 Å². The summed E-state index contributed by atoms with van der Waals surface area (Å²) in [5.41, 5.74) is 2.30. The van der Waals surface area contributed by atoms with Gasteiger partial charge in [-0.1, -0.05) is 110 Å². The van der Waals surface area contributed by atoms with Gasteiger partial charge in [0, 0.05) is 18.0 Å². The molecule has 2 aromatic rings. The molecule has 0 aliphatic rings. The van der Waals surface area contributed by atoms with Gasteiger partial charge in [-0.2, -0.15) is 0 Å². The number of hydrogen-bond acceptors (Lipinski definition) is 3. The Bertz CT molecular complexity index is 648. The van der Waals surface area contributed by atoms with Crippen LogP contribution in [0, 0.1) is 0 Å². The van der Waals surface area contributed by atoms with Crippen LogP contribution >= 0.6 is 0 Å². The number of aromatic nitrogens is 2. The molecule has 0 saturated carbocycles. The maximum Gasteiger partial charge on any atom is 0.159 e. The smallest absolute Gasteiger partial charge is 0.159 e. The second-order valence-corrected chi connectivity index (χ2v) is 9.84. The minimum absolute atomic E-state index is 0.797. The summed E-state index contributed by atoms with van der Waals surface area (Å²) in [5, 5.41) is 0. The maximum atomic E-state index is 5.92. The molecule has 1 heterocycles. The van der Waals surface area contributed by atoms with E-state index >= 15 is 0 Å². The van der Waals surface area contributed by atoms with Gasteiger partial charge in [-0.3, -0.25) is 0 Å². The highest BCUT2D eigenvalue weighted by molar-refractivity contribution is 5.55. The van der Waals surface area contributed by atoms with Gasteiger partial charge in [0.15, 0.2) is 5.82 Å². The first-order valence-electron chi connectivity index (χ1n) is 14.4. The molecule has 0 radical (unpaired) electrons. The molecule has 34 heavy (non-hydrogen) atoms. The summed E-state index contributed by atoms with van der Waals surface area (Å²) in [6.07, 6.45) is 27.9. The van der Waals surface area contributed by atoms with Gasteiger partial charge >= 0.3 is 0 Å². The van der Waals surface area contributed by atoms with E-state index in [1.165, 1.54) is 108 Å². The zero-order valence-corrected chi connectivity index (χ0v) is 22.2. The topological polar surface area (TPSA) is 35.0 Å². The Balaban J connectivity index is 1.57. The van der Waals surface area contributed by atoms with Gasteiger partial charge in [0.1, 0.15) is 5.75 Å². The SMILES string of the molecule is CCCCCCCCCCCc1cnc(-c2ccc(OCCCCCCCCCC)cc2)nc1. The van der Waals surface area contributed by atoms with E-state index in [-0.39, 0.29) is 0 Å². The van der Waals surface area contributed by atoms with Crippen LogP contribution in [-0.4, -0.2) is 16.6 Å². The normalized spacial score (nSPS) is 11.1. The van der Waals surface area contributed by atoms with Crippen molar-refractivity contribution >= 4 is 0 Å². The number of benzene rings is 1. The van der Waals surface area contributed by atoms with E-state index in [4.69, 9.17) is 4.74 Å². The molecule has 0 unspecified atom stereocenters. The molecule has 1 aromatic heterocycles. The van der Waals surface area contributed by atoms with Crippen molar-refractivity contribution in [2.75, 3.05) is 6.61 Å². The number of aryl methyl sites for hydroxylation is 1. The fourth-order valence-electron chi connectivity index (χ4n) is 4.40. The van der Waals surface area contributed by atoms with Gasteiger partial charge in [-0.25, -0.2) is 9.97 Å². The van der Waals surface area contributed by atoms with Crippen molar-refractivity contribution in [3.63, 3.8) is 0 Å². The van der Waals surface area contributed by atoms with E-state index in [1.807, 2.05) is 24.5 Å². The van der Waals surface area contributed by atoms with Crippen molar-refractivity contribution in [1.29, 1.82) is 0 Å². The summed E-state index contributed by atoms with van der Waals surface area (Å²) in [6.45, 7) is 5.35. The zero-order chi connectivity index (χ0) is 24.1. The molecule has 0 saturated heterocycles. The highest BCUT2D eigenvalue weighted by Crippen LogP contribution is 2.20. The maximum absolute atomic E-state index is 5.92. The summed E-state index contributed by atoms with van der Waals surface area (Å²) >= 11 is 0. The first-order valence-corrected chi connectivity index (χ1v) is 14.4. The average Bonchev–Trinajstić information content (AvgIpc) is 2.87. The summed E-state index contributed by atoms with van der Waals surface area (Å²) in [4.78, 5) is 9.21. The molecule has 190 valence electrons. The van der Waals surface area contributed by atoms with Gasteiger partial charge in [-0.05, 0) is 49.1 Å². The standard InChI is InChI=1S/C31H50N2O/c1-3-5-7-9-11-13-14-16-18-20-28-26-32-31(33-27-28)29-21-23-30(24-22-29)34-25-19-17-15-12-10-8-6-4-2/h21-24,26-27H,3-20,25H2,1-2H3. The van der Waals surface area contributed by atoms with E-state index in [1.54, 1.807) is 0 Å². The molecular weight excluding hydrogens is 416 g/mol. The van der Waals surface area contributed by atoms with Gasteiger partial charge in [0.05, 0.1) is 6.61 Å². The number of rotatable bonds is 21. The molecule has 0 fully saturated rings. The minimum Gasteiger partial charge on any atom is -0.494 e. The molecule has 0 aliphatic heterocycles. The van der Waals surface area contributed by atoms with Crippen LogP contribution in [0.1, 0.15) is 129 Å². The first kappa shape index (κ1) is 28.3. The Hall–Kier alpha value is -1.90. The average molecular weight is 467 g/mol. The lowest BCUT2D eigenvalue weighted by Crippen LogP contribution is -1.97. The molecular formula is C31H50N2O. The zero-order valence-electron chi connectivity index (χ0n) is 22.2. The molecule has 0 N–H and O–H groups in total. The van der Waals surface area contributed by atoms with Gasteiger partial charge < -0.3 is 4.74 Å². The molecule has 2 rings (SSSR count). The monoisotopic (exact) mass is 466 g/mol. The third kappa shape index (κ3) is 13.1. The van der Waals surface area contributed by atoms with Crippen LogP contribution in [-0.2, 0) is 6.42 Å². The van der Waals surface area contributed by atoms with Crippen LogP contribution in [0.4, 0.5) is 0 Å². The van der Waals surface area contributed by atoms with Crippen LogP contribution in [0.25, 0.3) is 11.4 Å². The lowest BCUT2D eigenvalue weighted by atomic mass is 10.1. The van der Waals surface area contributed by atoms with Crippen LogP contribution in [0.15, 0.2) is 36.7 Å². The number of hydrogen-bond donors (Lipinski definition) is 0. The minimum atomic E-state index is 0.797. The lowest BCUT2D eigenvalue weighted by Gasteiger charge is -2.07. The number of ether oxygens (including phenoxy) is 1. The highest BCUT2D eigenvalue weighted by Gasteiger charge is 2.03. The van der Waals surface area contributed by atoms with E-state index in [0.29, 0.717) is 0 Å². The first-order chi connectivity index (χ1) is 16.8. The van der Waals surface area contributed by atoms with Crippen molar-refractivity contribution in [2.45, 2.75) is 129 Å². The largest absolute Gasteiger partial charge is 0.494 e. The van der Waals surface area contributed by atoms with Crippen LogP contribution in [0.2, 0.25) is 0 Å². The quantitative estimate of drug-likeness (QED) is 0.172. The van der Waals surface area contributed by atoms with Gasteiger partial charge in [0.2, 0.25) is 0 Å². The predicted molar refractivity (Wildman–Crippen MR) is 147 cm³/mol. The molecule has 0 aliphatic carbocycles. The summed E-state index contributed by atoms with van der Waals surface area (Å²) in [7, 11) is 0. The van der Waals surface area contributed by atoms with Gasteiger partial charge in [0.25, 0.3) is 0 Å². The van der Waals surface area contributed by atoms with E-state index < -0.39 is 0 Å². The molecule has 0 bridgehead atoms. The third-order valence-corrected chi connectivity index (χ3v) is 6.65. The van der Waals surface area contributed by atoms with Gasteiger partial charge in [-0.15, -0.1) is 0 Å². The highest BCUT2D eigenvalue weighted by atomic mass is 16.5. The third-order valence-electron chi connectivity index (χ3n) is 6.65. The number of nitrogens with zero attached hydrogens (tertiary/aromatic N) is 2. The predicted octanol–water partition coefficient (Wildman–Crippen LogP) is 9.74. The Morgan fingerprint density at radius 2 is 1.03 bits per heavy atom. The second-order valence-electron chi connectivity index (χ2n) is 9.84. The summed E-state index contributed by atoms with van der Waals surface area (Å²) < 4.78 is 5.92. The fraction of sp³-hybridized carbons (Fsp3) is 0.677. The molecule has 1 aromatic carbocycles. The lowest BCUT2D eigenvalue weighted by molar-refractivity contribution is 0.304. The van der Waals surface area contributed by atoms with E-state index in [2.05, 4.69) is 35.9 Å². The molecule has 0 spiro atoms.